The summed E-state index contributed by atoms with van der Waals surface area (Å²) in [6.45, 7) is 13.0. The maximum Gasteiger partial charge on any atom is 0.220 e. The van der Waals surface area contributed by atoms with Crippen molar-refractivity contribution in [1.82, 2.24) is 20.4 Å². The molecular formula is C22H43N5O. The maximum atomic E-state index is 11.7. The van der Waals surface area contributed by atoms with Crippen LogP contribution in [0.25, 0.3) is 0 Å². The van der Waals surface area contributed by atoms with E-state index in [0.29, 0.717) is 18.4 Å². The zero-order valence-electron chi connectivity index (χ0n) is 18.7. The number of carbonyl (C=O) groups is 1. The number of nitrogens with zero attached hydrogens (tertiary/aromatic N) is 3. The van der Waals surface area contributed by atoms with E-state index in [1.165, 1.54) is 38.8 Å². The number of piperidine rings is 1. The van der Waals surface area contributed by atoms with E-state index in [2.05, 4.69) is 41.2 Å². The van der Waals surface area contributed by atoms with Gasteiger partial charge in [0.15, 0.2) is 5.96 Å². The molecule has 0 aromatic heterocycles. The lowest BCUT2D eigenvalue weighted by atomic mass is 9.93. The van der Waals surface area contributed by atoms with Crippen molar-refractivity contribution in [3.05, 3.63) is 0 Å². The van der Waals surface area contributed by atoms with Crippen LogP contribution in [0.2, 0.25) is 0 Å². The van der Waals surface area contributed by atoms with E-state index in [0.717, 1.165) is 50.9 Å². The highest BCUT2D eigenvalue weighted by atomic mass is 16.1. The minimum Gasteiger partial charge on any atom is -0.359 e. The van der Waals surface area contributed by atoms with Gasteiger partial charge in [0.2, 0.25) is 5.91 Å². The molecule has 6 nitrogen and oxygen atoms in total. The van der Waals surface area contributed by atoms with Crippen molar-refractivity contribution in [1.29, 1.82) is 0 Å². The van der Waals surface area contributed by atoms with E-state index >= 15 is 0 Å². The lowest BCUT2D eigenvalue weighted by Crippen LogP contribution is -2.47. The second-order valence-electron chi connectivity index (χ2n) is 8.39. The first-order chi connectivity index (χ1) is 13.6. The summed E-state index contributed by atoms with van der Waals surface area (Å²) < 4.78 is 0. The van der Waals surface area contributed by atoms with E-state index < -0.39 is 0 Å². The number of amides is 1. The molecule has 0 aliphatic carbocycles. The summed E-state index contributed by atoms with van der Waals surface area (Å²) in [5, 5.41) is 6.27. The van der Waals surface area contributed by atoms with Crippen molar-refractivity contribution in [2.45, 2.75) is 71.8 Å². The van der Waals surface area contributed by atoms with Gasteiger partial charge in [0.05, 0.1) is 6.54 Å². The topological polar surface area (TPSA) is 60.0 Å². The average molecular weight is 394 g/mol. The molecule has 0 saturated carbocycles. The Hall–Kier alpha value is -1.30. The Kier molecular flexibility index (Phi) is 10.1. The molecule has 2 heterocycles. The third-order valence-corrected chi connectivity index (χ3v) is 6.63. The number of likely N-dealkylation sites (tertiary alicyclic amines) is 2. The fourth-order valence-electron chi connectivity index (χ4n) is 4.79. The molecule has 1 atom stereocenters. The molecule has 0 bridgehead atoms. The van der Waals surface area contributed by atoms with Crippen LogP contribution in [0, 0.1) is 11.8 Å². The second kappa shape index (κ2) is 12.3. The second-order valence-corrected chi connectivity index (χ2v) is 8.39. The molecule has 2 saturated heterocycles. The fraction of sp³-hybridized carbons (Fsp3) is 0.909. The molecule has 6 heteroatoms. The van der Waals surface area contributed by atoms with E-state index in [-0.39, 0.29) is 5.91 Å². The van der Waals surface area contributed by atoms with E-state index in [9.17, 15) is 4.79 Å². The van der Waals surface area contributed by atoms with Gasteiger partial charge in [-0.05, 0) is 57.5 Å². The predicted molar refractivity (Wildman–Crippen MR) is 118 cm³/mol. The molecule has 2 N–H and O–H groups in total. The van der Waals surface area contributed by atoms with Gasteiger partial charge in [-0.15, -0.1) is 0 Å². The molecule has 162 valence electrons. The smallest absolute Gasteiger partial charge is 0.220 e. The minimum absolute atomic E-state index is 0.164. The van der Waals surface area contributed by atoms with Crippen molar-refractivity contribution in [3.63, 3.8) is 0 Å². The largest absolute Gasteiger partial charge is 0.359 e. The van der Waals surface area contributed by atoms with E-state index in [4.69, 9.17) is 4.99 Å². The zero-order chi connectivity index (χ0) is 20.4. The van der Waals surface area contributed by atoms with Crippen LogP contribution in [0.5, 0.6) is 0 Å². The molecule has 1 amide bonds. The third-order valence-electron chi connectivity index (χ3n) is 6.63. The van der Waals surface area contributed by atoms with Gasteiger partial charge >= 0.3 is 0 Å². The number of nitrogens with one attached hydrogen (secondary N) is 2. The van der Waals surface area contributed by atoms with Gasteiger partial charge in [-0.3, -0.25) is 14.7 Å². The quantitative estimate of drug-likeness (QED) is 0.467. The van der Waals surface area contributed by atoms with Gasteiger partial charge in [-0.2, -0.15) is 0 Å². The van der Waals surface area contributed by atoms with Gasteiger partial charge in [0.1, 0.15) is 0 Å². The normalized spacial score (nSPS) is 20.6. The van der Waals surface area contributed by atoms with Crippen molar-refractivity contribution in [2.24, 2.45) is 16.8 Å². The Labute approximate surface area is 172 Å². The number of carbonyl (C=O) groups excluding carboxylic acids is 1. The Bertz CT molecular complexity index is 475. The molecule has 2 rings (SSSR count). The molecule has 1 unspecified atom stereocenters. The minimum atomic E-state index is 0.164. The number of rotatable bonds is 9. The van der Waals surface area contributed by atoms with Gasteiger partial charge < -0.3 is 15.5 Å². The van der Waals surface area contributed by atoms with E-state index in [1.54, 1.807) is 7.05 Å². The molecule has 2 fully saturated rings. The highest BCUT2D eigenvalue weighted by molar-refractivity contribution is 5.80. The van der Waals surface area contributed by atoms with Crippen LogP contribution in [0.3, 0.4) is 0 Å². The molecule has 0 spiro atoms. The van der Waals surface area contributed by atoms with Crippen LogP contribution in [0.1, 0.15) is 65.7 Å². The first-order valence-corrected chi connectivity index (χ1v) is 11.6. The molecule has 0 radical (unpaired) electrons. The summed E-state index contributed by atoms with van der Waals surface area (Å²) in [5.41, 5.74) is 0. The Morgan fingerprint density at radius 2 is 1.71 bits per heavy atom. The zero-order valence-corrected chi connectivity index (χ0v) is 18.7. The maximum absolute atomic E-state index is 11.7. The number of hydrogen-bond acceptors (Lipinski definition) is 3. The van der Waals surface area contributed by atoms with Crippen LogP contribution in [0.15, 0.2) is 4.99 Å². The van der Waals surface area contributed by atoms with Crippen molar-refractivity contribution >= 4 is 11.9 Å². The summed E-state index contributed by atoms with van der Waals surface area (Å²) in [7, 11) is 1.73. The van der Waals surface area contributed by atoms with Crippen LogP contribution >= 0.6 is 0 Å². The SMILES string of the molecule is CCNC(=NCC(C(CC)CC)N1CCCC1)N1CCC(CC(=O)NC)CC1. The molecular weight excluding hydrogens is 350 g/mol. The predicted octanol–water partition coefficient (Wildman–Crippen LogP) is 2.70. The number of hydrogen-bond donors (Lipinski definition) is 2. The van der Waals surface area contributed by atoms with Crippen molar-refractivity contribution < 1.29 is 4.79 Å². The van der Waals surface area contributed by atoms with Crippen LogP contribution in [-0.2, 0) is 4.79 Å². The standard InChI is InChI=1S/C22H43N5O/c1-5-19(6-2)20(26-12-8-9-13-26)17-25-22(24-7-3)27-14-10-18(11-15-27)16-21(28)23-4/h18-20H,5-17H2,1-4H3,(H,23,28)(H,24,25). The lowest BCUT2D eigenvalue weighted by molar-refractivity contribution is -0.121. The molecule has 0 aromatic carbocycles. The molecule has 0 aromatic rings. The van der Waals surface area contributed by atoms with E-state index in [1.807, 2.05) is 0 Å². The van der Waals surface area contributed by atoms with Gasteiger partial charge in [-0.25, -0.2) is 0 Å². The first-order valence-electron chi connectivity index (χ1n) is 11.6. The molecule has 28 heavy (non-hydrogen) atoms. The van der Waals surface area contributed by atoms with Crippen LogP contribution in [-0.4, -0.2) is 74.0 Å². The summed E-state index contributed by atoms with van der Waals surface area (Å²) in [4.78, 5) is 21.8. The summed E-state index contributed by atoms with van der Waals surface area (Å²) >= 11 is 0. The monoisotopic (exact) mass is 393 g/mol. The number of guanidine groups is 1. The third kappa shape index (κ3) is 6.64. The highest BCUT2D eigenvalue weighted by Gasteiger charge is 2.28. The van der Waals surface area contributed by atoms with Crippen molar-refractivity contribution in [3.8, 4) is 0 Å². The summed E-state index contributed by atoms with van der Waals surface area (Å²) in [6, 6.07) is 0.567. The van der Waals surface area contributed by atoms with Crippen molar-refractivity contribution in [2.75, 3.05) is 46.3 Å². The van der Waals surface area contributed by atoms with Crippen LogP contribution < -0.4 is 10.6 Å². The molecule has 2 aliphatic rings. The highest BCUT2D eigenvalue weighted by Crippen LogP contribution is 2.24. The molecule has 2 aliphatic heterocycles. The fourth-order valence-corrected chi connectivity index (χ4v) is 4.79. The Morgan fingerprint density at radius 1 is 1.07 bits per heavy atom. The average Bonchev–Trinajstić information content (AvgIpc) is 3.25. The Morgan fingerprint density at radius 3 is 2.25 bits per heavy atom. The summed E-state index contributed by atoms with van der Waals surface area (Å²) in [5.74, 6) is 2.46. The van der Waals surface area contributed by atoms with Gasteiger partial charge in [0, 0.05) is 39.1 Å². The lowest BCUT2D eigenvalue weighted by Gasteiger charge is -2.36. The number of aliphatic imine (C=N–C) groups is 1. The van der Waals surface area contributed by atoms with Gasteiger partial charge in [-0.1, -0.05) is 26.7 Å². The first kappa shape index (κ1) is 23.0. The van der Waals surface area contributed by atoms with Crippen LogP contribution in [0.4, 0.5) is 0 Å². The van der Waals surface area contributed by atoms with Gasteiger partial charge in [0.25, 0.3) is 0 Å². The summed E-state index contributed by atoms with van der Waals surface area (Å²) in [6.07, 6.45) is 7.92. The Balaban J connectivity index is 1.99.